The predicted octanol–water partition coefficient (Wildman–Crippen LogP) is 2.62. The van der Waals surface area contributed by atoms with Crippen LogP contribution in [0.2, 0.25) is 0 Å². The van der Waals surface area contributed by atoms with Crippen LogP contribution in [0.15, 0.2) is 47.4 Å². The Bertz CT molecular complexity index is 741. The van der Waals surface area contributed by atoms with Crippen molar-refractivity contribution in [2.75, 3.05) is 13.1 Å². The van der Waals surface area contributed by atoms with E-state index in [-0.39, 0.29) is 17.6 Å². The van der Waals surface area contributed by atoms with Gasteiger partial charge in [0, 0.05) is 38.2 Å². The molecular weight excluding hydrogens is 304 g/mol. The zero-order valence-electron chi connectivity index (χ0n) is 13.8. The van der Waals surface area contributed by atoms with E-state index >= 15 is 0 Å². The van der Waals surface area contributed by atoms with Crippen LogP contribution in [0.25, 0.3) is 0 Å². The van der Waals surface area contributed by atoms with Crippen molar-refractivity contribution in [2.24, 2.45) is 0 Å². The lowest BCUT2D eigenvalue weighted by molar-refractivity contribution is 0.0595. The predicted molar refractivity (Wildman–Crippen MR) is 92.4 cm³/mol. The summed E-state index contributed by atoms with van der Waals surface area (Å²) in [4.78, 5) is 27.9. The van der Waals surface area contributed by atoms with Crippen LogP contribution in [-0.2, 0) is 6.42 Å². The standard InChI is InChI=1S/C19H22N2O3/c1-2-14-4-3-5-17(12-14)24-16-8-10-21(11-9-16)19(23)15-6-7-18(22)20-13-15/h3-7,12-13,16H,2,8-11H2,1H3,(H,20,22). The largest absolute Gasteiger partial charge is 0.490 e. The summed E-state index contributed by atoms with van der Waals surface area (Å²) in [6.45, 7) is 3.45. The van der Waals surface area contributed by atoms with Gasteiger partial charge in [-0.05, 0) is 30.2 Å². The minimum absolute atomic E-state index is 0.0438. The Kier molecular flexibility index (Phi) is 4.99. The van der Waals surface area contributed by atoms with Gasteiger partial charge in [0.25, 0.3) is 5.91 Å². The Balaban J connectivity index is 1.56. The molecule has 5 nitrogen and oxygen atoms in total. The molecule has 1 aliphatic heterocycles. The lowest BCUT2D eigenvalue weighted by atomic mass is 10.1. The second-order valence-electron chi connectivity index (χ2n) is 6.05. The van der Waals surface area contributed by atoms with Crippen LogP contribution in [0.5, 0.6) is 5.75 Å². The third-order valence-electron chi connectivity index (χ3n) is 4.37. The van der Waals surface area contributed by atoms with E-state index in [2.05, 4.69) is 24.0 Å². The minimum atomic E-state index is -0.201. The number of pyridine rings is 1. The number of aromatic amines is 1. The van der Waals surface area contributed by atoms with E-state index in [4.69, 9.17) is 4.74 Å². The summed E-state index contributed by atoms with van der Waals surface area (Å²) in [5.74, 6) is 0.859. The van der Waals surface area contributed by atoms with Crippen molar-refractivity contribution in [2.45, 2.75) is 32.3 Å². The summed E-state index contributed by atoms with van der Waals surface area (Å²) in [5, 5.41) is 0. The first-order chi connectivity index (χ1) is 11.7. The molecule has 0 atom stereocenters. The van der Waals surface area contributed by atoms with Crippen LogP contribution in [0.3, 0.4) is 0 Å². The van der Waals surface area contributed by atoms with Crippen molar-refractivity contribution < 1.29 is 9.53 Å². The molecule has 0 radical (unpaired) electrons. The molecule has 1 saturated heterocycles. The second-order valence-corrected chi connectivity index (χ2v) is 6.05. The van der Waals surface area contributed by atoms with E-state index in [1.165, 1.54) is 17.8 Å². The fraction of sp³-hybridized carbons (Fsp3) is 0.368. The smallest absolute Gasteiger partial charge is 0.255 e. The lowest BCUT2D eigenvalue weighted by Gasteiger charge is -2.32. The first kappa shape index (κ1) is 16.3. The van der Waals surface area contributed by atoms with E-state index in [1.54, 1.807) is 6.07 Å². The zero-order valence-corrected chi connectivity index (χ0v) is 13.8. The van der Waals surface area contributed by atoms with E-state index in [0.717, 1.165) is 25.0 Å². The number of amides is 1. The Morgan fingerprint density at radius 2 is 2.04 bits per heavy atom. The van der Waals surface area contributed by atoms with Crippen LogP contribution >= 0.6 is 0 Å². The quantitative estimate of drug-likeness (QED) is 0.939. The van der Waals surface area contributed by atoms with Gasteiger partial charge in [0.05, 0.1) is 5.56 Å². The van der Waals surface area contributed by atoms with Crippen LogP contribution in [-0.4, -0.2) is 35.0 Å². The van der Waals surface area contributed by atoms with Gasteiger partial charge < -0.3 is 14.6 Å². The lowest BCUT2D eigenvalue weighted by Crippen LogP contribution is -2.41. The number of benzene rings is 1. The second kappa shape index (κ2) is 7.34. The number of nitrogens with one attached hydrogen (secondary N) is 1. The van der Waals surface area contributed by atoms with Crippen molar-refractivity contribution in [1.82, 2.24) is 9.88 Å². The van der Waals surface area contributed by atoms with E-state index in [1.807, 2.05) is 17.0 Å². The van der Waals surface area contributed by atoms with Gasteiger partial charge in [-0.15, -0.1) is 0 Å². The third-order valence-corrected chi connectivity index (χ3v) is 4.37. The molecule has 2 aromatic rings. The average Bonchev–Trinajstić information content (AvgIpc) is 2.62. The van der Waals surface area contributed by atoms with Crippen LogP contribution < -0.4 is 10.3 Å². The number of carbonyl (C=O) groups excluding carboxylic acids is 1. The van der Waals surface area contributed by atoms with E-state index in [9.17, 15) is 9.59 Å². The molecule has 2 heterocycles. The number of aryl methyl sites for hydroxylation is 1. The van der Waals surface area contributed by atoms with Crippen LogP contribution in [0.1, 0.15) is 35.7 Å². The molecule has 24 heavy (non-hydrogen) atoms. The van der Waals surface area contributed by atoms with E-state index in [0.29, 0.717) is 18.7 Å². The number of ether oxygens (including phenoxy) is 1. The van der Waals surface area contributed by atoms with Gasteiger partial charge in [0.2, 0.25) is 5.56 Å². The molecule has 1 N–H and O–H groups in total. The minimum Gasteiger partial charge on any atom is -0.490 e. The number of piperidine rings is 1. The maximum Gasteiger partial charge on any atom is 0.255 e. The Morgan fingerprint density at radius 1 is 1.25 bits per heavy atom. The van der Waals surface area contributed by atoms with Gasteiger partial charge in [0.15, 0.2) is 0 Å². The first-order valence-corrected chi connectivity index (χ1v) is 8.39. The Labute approximate surface area is 141 Å². The molecule has 1 amide bonds. The summed E-state index contributed by atoms with van der Waals surface area (Å²) < 4.78 is 6.06. The molecule has 1 fully saturated rings. The number of likely N-dealkylation sites (tertiary alicyclic amines) is 1. The summed E-state index contributed by atoms with van der Waals surface area (Å²) in [5.41, 5.74) is 1.58. The number of carbonyl (C=O) groups is 1. The van der Waals surface area contributed by atoms with Gasteiger partial charge in [0.1, 0.15) is 11.9 Å². The fourth-order valence-corrected chi connectivity index (χ4v) is 2.93. The number of rotatable bonds is 4. The van der Waals surface area contributed by atoms with Crippen molar-refractivity contribution in [3.05, 3.63) is 64.1 Å². The highest BCUT2D eigenvalue weighted by Crippen LogP contribution is 2.21. The molecule has 0 aliphatic carbocycles. The van der Waals surface area contributed by atoms with Gasteiger partial charge in [-0.1, -0.05) is 19.1 Å². The van der Waals surface area contributed by atoms with E-state index < -0.39 is 0 Å². The van der Waals surface area contributed by atoms with Crippen molar-refractivity contribution in [3.8, 4) is 5.75 Å². The molecule has 0 unspecified atom stereocenters. The first-order valence-electron chi connectivity index (χ1n) is 8.39. The number of aromatic nitrogens is 1. The highest BCUT2D eigenvalue weighted by atomic mass is 16.5. The molecule has 126 valence electrons. The number of nitrogens with zero attached hydrogens (tertiary/aromatic N) is 1. The topological polar surface area (TPSA) is 62.4 Å². The molecule has 0 bridgehead atoms. The maximum atomic E-state index is 12.4. The monoisotopic (exact) mass is 326 g/mol. The summed E-state index contributed by atoms with van der Waals surface area (Å²) in [7, 11) is 0. The molecule has 3 rings (SSSR count). The summed E-state index contributed by atoms with van der Waals surface area (Å²) in [6.07, 6.45) is 4.22. The highest BCUT2D eigenvalue weighted by Gasteiger charge is 2.24. The average molecular weight is 326 g/mol. The van der Waals surface area contributed by atoms with Crippen molar-refractivity contribution in [1.29, 1.82) is 0 Å². The molecule has 1 aliphatic rings. The van der Waals surface area contributed by atoms with Gasteiger partial charge in [-0.25, -0.2) is 0 Å². The summed E-state index contributed by atoms with van der Waals surface area (Å²) in [6, 6.07) is 11.1. The Morgan fingerprint density at radius 3 is 2.71 bits per heavy atom. The molecule has 1 aromatic carbocycles. The molecule has 0 spiro atoms. The Hall–Kier alpha value is -2.56. The molecular formula is C19H22N2O3. The normalized spacial score (nSPS) is 15.3. The molecule has 5 heteroatoms. The third kappa shape index (κ3) is 3.85. The number of hydrogen-bond donors (Lipinski definition) is 1. The summed E-state index contributed by atoms with van der Waals surface area (Å²) >= 11 is 0. The fourth-order valence-electron chi connectivity index (χ4n) is 2.93. The SMILES string of the molecule is CCc1cccc(OC2CCN(C(=O)c3ccc(=O)[nH]c3)CC2)c1. The highest BCUT2D eigenvalue weighted by molar-refractivity contribution is 5.93. The molecule has 0 saturated carbocycles. The van der Waals surface area contributed by atoms with Crippen LogP contribution in [0.4, 0.5) is 0 Å². The van der Waals surface area contributed by atoms with Gasteiger partial charge in [-0.3, -0.25) is 9.59 Å². The molecule has 1 aromatic heterocycles. The van der Waals surface area contributed by atoms with Crippen molar-refractivity contribution >= 4 is 5.91 Å². The maximum absolute atomic E-state index is 12.4. The van der Waals surface area contributed by atoms with Gasteiger partial charge in [-0.2, -0.15) is 0 Å². The van der Waals surface area contributed by atoms with Gasteiger partial charge >= 0.3 is 0 Å². The zero-order chi connectivity index (χ0) is 16.9. The van der Waals surface area contributed by atoms with Crippen molar-refractivity contribution in [3.63, 3.8) is 0 Å². The van der Waals surface area contributed by atoms with Crippen LogP contribution in [0, 0.1) is 0 Å². The number of H-pyrrole nitrogens is 1. The number of hydrogen-bond acceptors (Lipinski definition) is 3.